The van der Waals surface area contributed by atoms with Gasteiger partial charge >= 0.3 is 0 Å². The average molecular weight is 402 g/mol. The van der Waals surface area contributed by atoms with E-state index in [1.165, 1.54) is 6.07 Å². The molecule has 0 radical (unpaired) electrons. The Kier molecular flexibility index (Phi) is 5.67. The number of sulfone groups is 1. The molecule has 28 heavy (non-hydrogen) atoms. The maximum Gasteiger partial charge on any atom is 0.233 e. The smallest absolute Gasteiger partial charge is 0.233 e. The third-order valence-corrected chi connectivity index (χ3v) is 5.62. The summed E-state index contributed by atoms with van der Waals surface area (Å²) >= 11 is 0. The zero-order valence-electron chi connectivity index (χ0n) is 16.1. The van der Waals surface area contributed by atoms with Crippen LogP contribution < -0.4 is 0 Å². The van der Waals surface area contributed by atoms with E-state index >= 15 is 0 Å². The first kappa shape index (κ1) is 20.2. The summed E-state index contributed by atoms with van der Waals surface area (Å²) in [5.41, 5.74) is 3.46. The van der Waals surface area contributed by atoms with Crippen molar-refractivity contribution in [1.82, 2.24) is 9.78 Å². The summed E-state index contributed by atoms with van der Waals surface area (Å²) in [5, 5.41) is 13.3. The van der Waals surface area contributed by atoms with Crippen LogP contribution in [0.3, 0.4) is 0 Å². The summed E-state index contributed by atoms with van der Waals surface area (Å²) in [6, 6.07) is 13.8. The van der Waals surface area contributed by atoms with E-state index < -0.39 is 15.8 Å². The first-order valence-corrected chi connectivity index (χ1v) is 10.9. The Hall–Kier alpha value is -2.51. The Morgan fingerprint density at radius 3 is 2.21 bits per heavy atom. The molecule has 0 unspecified atom stereocenters. The molecule has 5 nitrogen and oxygen atoms in total. The number of aliphatic hydroxyl groups is 1. The number of nitrogens with zero attached hydrogens (tertiary/aromatic N) is 2. The van der Waals surface area contributed by atoms with Gasteiger partial charge in [0.1, 0.15) is 0 Å². The quantitative estimate of drug-likeness (QED) is 0.679. The van der Waals surface area contributed by atoms with Crippen molar-refractivity contribution < 1.29 is 17.9 Å². The molecule has 1 heterocycles. The van der Waals surface area contributed by atoms with Crippen LogP contribution in [0.15, 0.2) is 53.4 Å². The molecular formula is C21H23FN2O3S. The van der Waals surface area contributed by atoms with Crippen molar-refractivity contribution in [2.75, 3.05) is 6.26 Å². The lowest BCUT2D eigenvalue weighted by molar-refractivity contribution is 0.278. The van der Waals surface area contributed by atoms with Gasteiger partial charge in [-0.05, 0) is 34.2 Å². The van der Waals surface area contributed by atoms with Crippen LogP contribution in [0, 0.1) is 11.9 Å². The number of benzene rings is 2. The summed E-state index contributed by atoms with van der Waals surface area (Å²) in [6.07, 6.45) is 1.12. The van der Waals surface area contributed by atoms with E-state index in [2.05, 4.69) is 5.10 Å². The van der Waals surface area contributed by atoms with Crippen LogP contribution in [0.5, 0.6) is 0 Å². The number of hydrogen-bond donors (Lipinski definition) is 1. The van der Waals surface area contributed by atoms with Gasteiger partial charge in [0, 0.05) is 18.9 Å². The first-order chi connectivity index (χ1) is 13.2. The summed E-state index contributed by atoms with van der Waals surface area (Å²) in [7, 11) is -3.45. The largest absolute Gasteiger partial charge is 0.392 e. The van der Waals surface area contributed by atoms with Crippen LogP contribution in [-0.4, -0.2) is 29.6 Å². The van der Waals surface area contributed by atoms with Crippen molar-refractivity contribution in [2.45, 2.75) is 31.9 Å². The number of aliphatic hydroxyl groups excluding tert-OH is 1. The van der Waals surface area contributed by atoms with E-state index in [9.17, 15) is 17.9 Å². The van der Waals surface area contributed by atoms with Gasteiger partial charge in [0.05, 0.1) is 17.2 Å². The van der Waals surface area contributed by atoms with Gasteiger partial charge in [0.15, 0.2) is 9.84 Å². The van der Waals surface area contributed by atoms with Crippen molar-refractivity contribution in [1.29, 1.82) is 0 Å². The second-order valence-corrected chi connectivity index (χ2v) is 9.24. The van der Waals surface area contributed by atoms with Gasteiger partial charge in [-0.2, -0.15) is 4.39 Å². The van der Waals surface area contributed by atoms with Crippen molar-refractivity contribution in [3.8, 4) is 22.4 Å². The Bertz CT molecular complexity index is 1090. The summed E-state index contributed by atoms with van der Waals surface area (Å²) in [4.78, 5) is 0.119. The molecule has 0 saturated heterocycles. The molecule has 0 bridgehead atoms. The Labute approximate surface area is 164 Å². The lowest BCUT2D eigenvalue weighted by Gasteiger charge is -2.11. The highest BCUT2D eigenvalue weighted by atomic mass is 32.2. The topological polar surface area (TPSA) is 72.2 Å². The molecule has 2 aromatic carbocycles. The fourth-order valence-corrected chi connectivity index (χ4v) is 4.10. The molecule has 0 aliphatic rings. The molecule has 0 aliphatic heterocycles. The van der Waals surface area contributed by atoms with Crippen LogP contribution in [-0.2, 0) is 23.0 Å². The second-order valence-electron chi connectivity index (χ2n) is 7.26. The van der Waals surface area contributed by atoms with Gasteiger partial charge in [0.25, 0.3) is 0 Å². The van der Waals surface area contributed by atoms with Crippen molar-refractivity contribution in [2.24, 2.45) is 5.92 Å². The van der Waals surface area contributed by atoms with Crippen LogP contribution in [0.1, 0.15) is 19.4 Å². The predicted octanol–water partition coefficient (Wildman–Crippen LogP) is 3.91. The van der Waals surface area contributed by atoms with Crippen molar-refractivity contribution >= 4 is 9.84 Å². The molecule has 1 N–H and O–H groups in total. The fourth-order valence-electron chi connectivity index (χ4n) is 3.15. The molecule has 3 rings (SSSR count). The highest BCUT2D eigenvalue weighted by molar-refractivity contribution is 7.90. The van der Waals surface area contributed by atoms with Crippen LogP contribution in [0.25, 0.3) is 22.4 Å². The molecule has 0 saturated carbocycles. The lowest BCUT2D eigenvalue weighted by atomic mass is 10.0. The number of hydrogen-bond acceptors (Lipinski definition) is 4. The molecule has 0 atom stereocenters. The molecule has 7 heteroatoms. The average Bonchev–Trinajstić information content (AvgIpc) is 3.00. The van der Waals surface area contributed by atoms with Gasteiger partial charge in [-0.3, -0.25) is 4.68 Å². The van der Waals surface area contributed by atoms with Gasteiger partial charge < -0.3 is 5.11 Å². The second kappa shape index (κ2) is 7.85. The third kappa shape index (κ3) is 4.31. The summed E-state index contributed by atoms with van der Waals surface area (Å²) in [6.45, 7) is 4.36. The molecule has 148 valence electrons. The van der Waals surface area contributed by atoms with E-state index in [0.29, 0.717) is 23.7 Å². The molecule has 0 amide bonds. The Morgan fingerprint density at radius 1 is 1.04 bits per heavy atom. The minimum atomic E-state index is -3.45. The molecule has 0 spiro atoms. The SMILES string of the molecule is CC(C)Cn1nc(F)cc1-c1ccc(-c2ccc(CO)c(S(C)(=O)=O)c2)cc1. The molecular weight excluding hydrogens is 379 g/mol. The molecule has 3 aromatic rings. The van der Waals surface area contributed by atoms with Crippen LogP contribution in [0.4, 0.5) is 4.39 Å². The Morgan fingerprint density at radius 2 is 1.64 bits per heavy atom. The van der Waals surface area contributed by atoms with E-state index in [1.54, 1.807) is 22.9 Å². The highest BCUT2D eigenvalue weighted by Crippen LogP contribution is 2.28. The zero-order valence-corrected chi connectivity index (χ0v) is 16.9. The van der Waals surface area contributed by atoms with E-state index in [1.807, 2.05) is 38.1 Å². The monoisotopic (exact) mass is 402 g/mol. The summed E-state index contributed by atoms with van der Waals surface area (Å²) in [5.74, 6) is -0.186. The molecule has 1 aromatic heterocycles. The zero-order chi connectivity index (χ0) is 20.5. The third-order valence-electron chi connectivity index (χ3n) is 4.44. The van der Waals surface area contributed by atoms with Gasteiger partial charge in [0.2, 0.25) is 5.95 Å². The highest BCUT2D eigenvalue weighted by Gasteiger charge is 2.15. The number of aromatic nitrogens is 2. The van der Waals surface area contributed by atoms with Crippen LogP contribution >= 0.6 is 0 Å². The maximum atomic E-state index is 13.7. The van der Waals surface area contributed by atoms with Crippen molar-refractivity contribution in [3.63, 3.8) is 0 Å². The molecule has 0 fully saturated rings. The van der Waals surface area contributed by atoms with E-state index in [4.69, 9.17) is 0 Å². The van der Waals surface area contributed by atoms with E-state index in [0.717, 1.165) is 22.9 Å². The van der Waals surface area contributed by atoms with Gasteiger partial charge in [-0.15, -0.1) is 5.10 Å². The minimum Gasteiger partial charge on any atom is -0.392 e. The van der Waals surface area contributed by atoms with Crippen molar-refractivity contribution in [3.05, 3.63) is 60.0 Å². The Balaban J connectivity index is 1.98. The standard InChI is InChI=1S/C21H23FN2O3S/c1-14(2)12-24-19(11-21(22)23-24)16-6-4-15(5-7-16)17-8-9-18(13-25)20(10-17)28(3,26)27/h4-11,14,25H,12-13H2,1-3H3. The van der Waals surface area contributed by atoms with E-state index in [-0.39, 0.29) is 11.5 Å². The number of rotatable bonds is 6. The first-order valence-electron chi connectivity index (χ1n) is 8.97. The van der Waals surface area contributed by atoms with Crippen LogP contribution in [0.2, 0.25) is 0 Å². The summed E-state index contributed by atoms with van der Waals surface area (Å²) < 4.78 is 39.4. The normalized spacial score (nSPS) is 11.9. The van der Waals surface area contributed by atoms with Gasteiger partial charge in [-0.25, -0.2) is 8.42 Å². The maximum absolute atomic E-state index is 13.7. The minimum absolute atomic E-state index is 0.119. The predicted molar refractivity (Wildman–Crippen MR) is 107 cm³/mol. The lowest BCUT2D eigenvalue weighted by Crippen LogP contribution is -2.07. The number of halogens is 1. The molecule has 0 aliphatic carbocycles. The van der Waals surface area contributed by atoms with Gasteiger partial charge in [-0.1, -0.05) is 50.2 Å². The fraction of sp³-hybridized carbons (Fsp3) is 0.286.